The highest BCUT2D eigenvalue weighted by atomic mass is 16.2. The molecule has 0 radical (unpaired) electrons. The van der Waals surface area contributed by atoms with Gasteiger partial charge in [-0.3, -0.25) is 9.78 Å². The molecular formula is C16H18N2O. The Morgan fingerprint density at radius 2 is 2.11 bits per heavy atom. The van der Waals surface area contributed by atoms with Crippen LogP contribution >= 0.6 is 0 Å². The summed E-state index contributed by atoms with van der Waals surface area (Å²) in [5.41, 5.74) is 1.66. The lowest BCUT2D eigenvalue weighted by Gasteiger charge is -2.33. The second-order valence-electron chi connectivity index (χ2n) is 5.22. The van der Waals surface area contributed by atoms with Crippen molar-refractivity contribution in [1.82, 2.24) is 9.88 Å². The molecule has 1 aliphatic heterocycles. The maximum atomic E-state index is 12.7. The summed E-state index contributed by atoms with van der Waals surface area (Å²) in [5.74, 6) is 0.144. The molecule has 98 valence electrons. The Bertz CT molecular complexity index is 603. The number of amides is 1. The number of fused-ring (bicyclic) bond motifs is 1. The van der Waals surface area contributed by atoms with Crippen molar-refractivity contribution >= 4 is 16.8 Å². The monoisotopic (exact) mass is 254 g/mol. The average molecular weight is 254 g/mol. The van der Waals surface area contributed by atoms with Gasteiger partial charge in [0.05, 0.1) is 11.1 Å². The number of benzene rings is 1. The van der Waals surface area contributed by atoms with Crippen LogP contribution < -0.4 is 0 Å². The fourth-order valence-electron chi connectivity index (χ4n) is 2.84. The van der Waals surface area contributed by atoms with Crippen molar-refractivity contribution < 1.29 is 4.79 Å². The zero-order valence-electron chi connectivity index (χ0n) is 11.2. The van der Waals surface area contributed by atoms with Crippen LogP contribution in [0.1, 0.15) is 36.5 Å². The fourth-order valence-corrected chi connectivity index (χ4v) is 2.84. The lowest BCUT2D eigenvalue weighted by atomic mass is 10.0. The van der Waals surface area contributed by atoms with Crippen molar-refractivity contribution in [2.75, 3.05) is 6.54 Å². The van der Waals surface area contributed by atoms with Gasteiger partial charge in [-0.05, 0) is 38.3 Å². The number of carbonyl (C=O) groups is 1. The summed E-state index contributed by atoms with van der Waals surface area (Å²) in [6, 6.07) is 10.0. The third-order valence-electron chi connectivity index (χ3n) is 3.94. The summed E-state index contributed by atoms with van der Waals surface area (Å²) in [6.45, 7) is 3.01. The minimum atomic E-state index is 0.144. The molecule has 1 atom stereocenters. The highest BCUT2D eigenvalue weighted by molar-refractivity contribution is 6.06. The van der Waals surface area contributed by atoms with Gasteiger partial charge in [0, 0.05) is 24.2 Å². The SMILES string of the molecule is CC1CCCCN1C(=O)c1ccnc2ccccc12. The third-order valence-corrected chi connectivity index (χ3v) is 3.94. The number of hydrogen-bond donors (Lipinski definition) is 0. The summed E-state index contributed by atoms with van der Waals surface area (Å²) < 4.78 is 0. The highest BCUT2D eigenvalue weighted by Crippen LogP contribution is 2.23. The van der Waals surface area contributed by atoms with Crippen LogP contribution in [0.15, 0.2) is 36.5 Å². The van der Waals surface area contributed by atoms with Crippen LogP contribution in [0.4, 0.5) is 0 Å². The van der Waals surface area contributed by atoms with Crippen LogP contribution in [0.3, 0.4) is 0 Å². The lowest BCUT2D eigenvalue weighted by Crippen LogP contribution is -2.42. The van der Waals surface area contributed by atoms with E-state index in [0.29, 0.717) is 6.04 Å². The van der Waals surface area contributed by atoms with Gasteiger partial charge in [0.2, 0.25) is 0 Å². The van der Waals surface area contributed by atoms with Crippen molar-refractivity contribution in [2.24, 2.45) is 0 Å². The van der Waals surface area contributed by atoms with E-state index in [4.69, 9.17) is 0 Å². The second kappa shape index (κ2) is 5.00. The molecule has 1 saturated heterocycles. The van der Waals surface area contributed by atoms with Gasteiger partial charge in [-0.25, -0.2) is 0 Å². The molecule has 0 aliphatic carbocycles. The molecule has 1 amide bonds. The number of hydrogen-bond acceptors (Lipinski definition) is 2. The van der Waals surface area contributed by atoms with Gasteiger partial charge in [0.15, 0.2) is 0 Å². The van der Waals surface area contributed by atoms with Crippen molar-refractivity contribution in [1.29, 1.82) is 0 Å². The van der Waals surface area contributed by atoms with E-state index in [1.807, 2.05) is 35.2 Å². The van der Waals surface area contributed by atoms with E-state index >= 15 is 0 Å². The molecule has 1 aromatic heterocycles. The first kappa shape index (κ1) is 12.2. The first-order chi connectivity index (χ1) is 9.27. The summed E-state index contributed by atoms with van der Waals surface area (Å²) >= 11 is 0. The minimum Gasteiger partial charge on any atom is -0.336 e. The van der Waals surface area contributed by atoms with E-state index in [2.05, 4.69) is 11.9 Å². The Kier molecular flexibility index (Phi) is 3.20. The first-order valence-corrected chi connectivity index (χ1v) is 6.92. The minimum absolute atomic E-state index is 0.144. The number of aromatic nitrogens is 1. The number of piperidine rings is 1. The van der Waals surface area contributed by atoms with E-state index < -0.39 is 0 Å². The second-order valence-corrected chi connectivity index (χ2v) is 5.22. The van der Waals surface area contributed by atoms with Crippen molar-refractivity contribution in [3.8, 4) is 0 Å². The number of para-hydroxylation sites is 1. The van der Waals surface area contributed by atoms with E-state index in [1.165, 1.54) is 6.42 Å². The molecule has 1 aromatic carbocycles. The number of rotatable bonds is 1. The molecule has 2 heterocycles. The number of likely N-dealkylation sites (tertiary alicyclic amines) is 1. The average Bonchev–Trinajstić information content (AvgIpc) is 2.46. The van der Waals surface area contributed by atoms with Crippen LogP contribution in [-0.2, 0) is 0 Å². The van der Waals surface area contributed by atoms with Gasteiger partial charge >= 0.3 is 0 Å². The van der Waals surface area contributed by atoms with Crippen molar-refractivity contribution in [3.63, 3.8) is 0 Å². The molecule has 3 rings (SSSR count). The summed E-state index contributed by atoms with van der Waals surface area (Å²) in [6.07, 6.45) is 5.17. The van der Waals surface area contributed by atoms with Gasteiger partial charge in [-0.1, -0.05) is 18.2 Å². The van der Waals surface area contributed by atoms with E-state index in [0.717, 1.165) is 35.9 Å². The van der Waals surface area contributed by atoms with Crippen molar-refractivity contribution in [2.45, 2.75) is 32.2 Å². The Morgan fingerprint density at radius 1 is 1.26 bits per heavy atom. The van der Waals surface area contributed by atoms with E-state index in [1.54, 1.807) is 6.20 Å². The zero-order chi connectivity index (χ0) is 13.2. The molecule has 3 nitrogen and oxygen atoms in total. The molecule has 19 heavy (non-hydrogen) atoms. The first-order valence-electron chi connectivity index (χ1n) is 6.92. The lowest BCUT2D eigenvalue weighted by molar-refractivity contribution is 0.0637. The smallest absolute Gasteiger partial charge is 0.254 e. The maximum Gasteiger partial charge on any atom is 0.254 e. The van der Waals surface area contributed by atoms with Gasteiger partial charge in [0.25, 0.3) is 5.91 Å². The number of pyridine rings is 1. The van der Waals surface area contributed by atoms with E-state index in [-0.39, 0.29) is 5.91 Å². The topological polar surface area (TPSA) is 33.2 Å². The fraction of sp³-hybridized carbons (Fsp3) is 0.375. The molecule has 3 heteroatoms. The molecule has 1 fully saturated rings. The standard InChI is InChI=1S/C16H18N2O/c1-12-6-4-5-11-18(12)16(19)14-9-10-17-15-8-3-2-7-13(14)15/h2-3,7-10,12H,4-6,11H2,1H3. The highest BCUT2D eigenvalue weighted by Gasteiger charge is 2.25. The molecule has 0 saturated carbocycles. The predicted octanol–water partition coefficient (Wildman–Crippen LogP) is 3.25. The summed E-state index contributed by atoms with van der Waals surface area (Å²) in [5, 5.41) is 0.952. The van der Waals surface area contributed by atoms with Crippen LogP contribution in [0.2, 0.25) is 0 Å². The normalized spacial score (nSPS) is 19.6. The quantitative estimate of drug-likeness (QED) is 0.782. The predicted molar refractivity (Wildman–Crippen MR) is 76.1 cm³/mol. The molecule has 0 N–H and O–H groups in total. The summed E-state index contributed by atoms with van der Waals surface area (Å²) in [4.78, 5) is 19.0. The molecule has 2 aromatic rings. The number of carbonyl (C=O) groups excluding carboxylic acids is 1. The van der Waals surface area contributed by atoms with Crippen LogP contribution in [0.25, 0.3) is 10.9 Å². The zero-order valence-corrected chi connectivity index (χ0v) is 11.2. The van der Waals surface area contributed by atoms with Crippen LogP contribution in [0.5, 0.6) is 0 Å². The van der Waals surface area contributed by atoms with Gasteiger partial charge in [-0.15, -0.1) is 0 Å². The van der Waals surface area contributed by atoms with Crippen LogP contribution in [0, 0.1) is 0 Å². The maximum absolute atomic E-state index is 12.7. The van der Waals surface area contributed by atoms with E-state index in [9.17, 15) is 4.79 Å². The Hall–Kier alpha value is -1.90. The Balaban J connectivity index is 2.01. The van der Waals surface area contributed by atoms with Gasteiger partial charge in [-0.2, -0.15) is 0 Å². The molecule has 1 unspecified atom stereocenters. The third kappa shape index (κ3) is 2.21. The molecule has 1 aliphatic rings. The van der Waals surface area contributed by atoms with Crippen molar-refractivity contribution in [3.05, 3.63) is 42.1 Å². The Labute approximate surface area is 113 Å². The molecular weight excluding hydrogens is 236 g/mol. The number of nitrogens with zero attached hydrogens (tertiary/aromatic N) is 2. The van der Waals surface area contributed by atoms with Crippen LogP contribution in [-0.4, -0.2) is 28.4 Å². The van der Waals surface area contributed by atoms with Gasteiger partial charge in [0.1, 0.15) is 0 Å². The summed E-state index contributed by atoms with van der Waals surface area (Å²) in [7, 11) is 0. The molecule has 0 bridgehead atoms. The Morgan fingerprint density at radius 3 is 2.95 bits per heavy atom. The molecule has 0 spiro atoms. The largest absolute Gasteiger partial charge is 0.336 e. The van der Waals surface area contributed by atoms with Gasteiger partial charge < -0.3 is 4.90 Å².